The second-order valence-corrected chi connectivity index (χ2v) is 7.72. The van der Waals surface area contributed by atoms with Crippen molar-refractivity contribution in [1.29, 1.82) is 0 Å². The lowest BCUT2D eigenvalue weighted by atomic mass is 10.1. The largest absolute Gasteiger partial charge is 0.456 e. The molecule has 0 atom stereocenters. The molecular formula is C19H19N5O3S. The summed E-state index contributed by atoms with van der Waals surface area (Å²) in [5.41, 5.74) is 2.81. The number of pyridine rings is 1. The molecule has 0 aliphatic rings. The molecule has 9 heteroatoms. The van der Waals surface area contributed by atoms with Gasteiger partial charge in [-0.2, -0.15) is 5.10 Å². The number of thiazole rings is 1. The maximum Gasteiger partial charge on any atom is 0.339 e. The SMILES string of the molecule is Cc1cc(C(=O)OCc2cc(=O)n3c(C)csc3n2)c2cnn(C(C)C)c2n1. The number of rotatable bonds is 4. The summed E-state index contributed by atoms with van der Waals surface area (Å²) in [6.07, 6.45) is 1.63. The smallest absolute Gasteiger partial charge is 0.339 e. The van der Waals surface area contributed by atoms with E-state index in [1.165, 1.54) is 21.8 Å². The van der Waals surface area contributed by atoms with Crippen LogP contribution in [0.15, 0.2) is 28.5 Å². The van der Waals surface area contributed by atoms with E-state index < -0.39 is 5.97 Å². The highest BCUT2D eigenvalue weighted by Gasteiger charge is 2.18. The molecule has 4 heterocycles. The van der Waals surface area contributed by atoms with Gasteiger partial charge in [0.25, 0.3) is 5.56 Å². The first-order valence-electron chi connectivity index (χ1n) is 8.84. The third kappa shape index (κ3) is 3.07. The van der Waals surface area contributed by atoms with Crippen molar-refractivity contribution < 1.29 is 9.53 Å². The molecule has 0 amide bonds. The quantitative estimate of drug-likeness (QED) is 0.492. The number of hydrogen-bond acceptors (Lipinski definition) is 7. The van der Waals surface area contributed by atoms with E-state index in [1.807, 2.05) is 33.1 Å². The Morgan fingerprint density at radius 1 is 1.25 bits per heavy atom. The Bertz CT molecular complexity index is 1270. The van der Waals surface area contributed by atoms with Crippen LogP contribution < -0.4 is 5.56 Å². The highest BCUT2D eigenvalue weighted by molar-refractivity contribution is 7.15. The highest BCUT2D eigenvalue weighted by Crippen LogP contribution is 2.22. The molecule has 8 nitrogen and oxygen atoms in total. The molecule has 0 saturated heterocycles. The van der Waals surface area contributed by atoms with Gasteiger partial charge in [0.15, 0.2) is 10.6 Å². The molecule has 4 aromatic heterocycles. The fourth-order valence-electron chi connectivity index (χ4n) is 3.08. The minimum absolute atomic E-state index is 0.0807. The van der Waals surface area contributed by atoms with Gasteiger partial charge < -0.3 is 4.74 Å². The second-order valence-electron chi connectivity index (χ2n) is 6.89. The number of fused-ring (bicyclic) bond motifs is 2. The molecular weight excluding hydrogens is 378 g/mol. The predicted octanol–water partition coefficient (Wildman–Crippen LogP) is 3.06. The number of aryl methyl sites for hydroxylation is 2. The standard InChI is InChI=1S/C19H19N5O3S/c1-10(2)24-17-15(7-20-24)14(5-11(3)21-17)18(26)27-8-13-6-16(25)23-12(4)9-28-19(23)22-13/h5-7,9-10H,8H2,1-4H3. The summed E-state index contributed by atoms with van der Waals surface area (Å²) < 4.78 is 8.75. The molecule has 0 spiro atoms. The summed E-state index contributed by atoms with van der Waals surface area (Å²) in [6.45, 7) is 7.59. The topological polar surface area (TPSA) is 91.4 Å². The van der Waals surface area contributed by atoms with Gasteiger partial charge in [0.1, 0.15) is 6.61 Å². The number of carbonyl (C=O) groups is 1. The highest BCUT2D eigenvalue weighted by atomic mass is 32.1. The maximum atomic E-state index is 12.7. The summed E-state index contributed by atoms with van der Waals surface area (Å²) >= 11 is 1.37. The third-order valence-corrected chi connectivity index (χ3v) is 5.33. The lowest BCUT2D eigenvalue weighted by molar-refractivity contribution is 0.0470. The van der Waals surface area contributed by atoms with Gasteiger partial charge in [-0.3, -0.25) is 9.20 Å². The van der Waals surface area contributed by atoms with Gasteiger partial charge in [-0.25, -0.2) is 19.4 Å². The second kappa shape index (κ2) is 6.83. The van der Waals surface area contributed by atoms with Gasteiger partial charge >= 0.3 is 5.97 Å². The monoisotopic (exact) mass is 397 g/mol. The summed E-state index contributed by atoms with van der Waals surface area (Å²) in [7, 11) is 0. The average Bonchev–Trinajstić information content (AvgIpc) is 3.23. The Kier molecular flexibility index (Phi) is 4.46. The molecule has 0 radical (unpaired) electrons. The molecule has 0 fully saturated rings. The van der Waals surface area contributed by atoms with Crippen molar-refractivity contribution >= 4 is 33.3 Å². The van der Waals surface area contributed by atoms with Crippen molar-refractivity contribution in [3.8, 4) is 0 Å². The van der Waals surface area contributed by atoms with Crippen LogP contribution >= 0.6 is 11.3 Å². The fraction of sp³-hybridized carbons (Fsp3) is 0.316. The first kappa shape index (κ1) is 18.3. The number of esters is 1. The van der Waals surface area contributed by atoms with Gasteiger partial charge in [0.2, 0.25) is 0 Å². The molecule has 0 aliphatic carbocycles. The van der Waals surface area contributed by atoms with Gasteiger partial charge in [-0.1, -0.05) is 0 Å². The molecule has 0 N–H and O–H groups in total. The van der Waals surface area contributed by atoms with Gasteiger partial charge in [-0.15, -0.1) is 11.3 Å². The van der Waals surface area contributed by atoms with Gasteiger partial charge in [0.05, 0.1) is 22.8 Å². The van der Waals surface area contributed by atoms with E-state index in [1.54, 1.807) is 16.9 Å². The van der Waals surface area contributed by atoms with Crippen LogP contribution in [0.25, 0.3) is 16.0 Å². The first-order valence-corrected chi connectivity index (χ1v) is 9.72. The minimum atomic E-state index is -0.497. The molecule has 0 unspecified atom stereocenters. The Labute approximate surface area is 164 Å². The van der Waals surface area contributed by atoms with E-state index in [9.17, 15) is 9.59 Å². The first-order chi connectivity index (χ1) is 13.3. The average molecular weight is 397 g/mol. The normalized spacial score (nSPS) is 11.6. The van der Waals surface area contributed by atoms with Crippen LogP contribution in [0.3, 0.4) is 0 Å². The van der Waals surface area contributed by atoms with Crippen LogP contribution in [0.2, 0.25) is 0 Å². The predicted molar refractivity (Wildman–Crippen MR) is 106 cm³/mol. The zero-order chi connectivity index (χ0) is 20.0. The minimum Gasteiger partial charge on any atom is -0.456 e. The summed E-state index contributed by atoms with van der Waals surface area (Å²) in [5.74, 6) is -0.497. The van der Waals surface area contributed by atoms with Crippen molar-refractivity contribution in [3.05, 3.63) is 56.7 Å². The molecule has 4 rings (SSSR count). The van der Waals surface area contributed by atoms with E-state index in [0.717, 1.165) is 5.69 Å². The Hall–Kier alpha value is -3.07. The Morgan fingerprint density at radius 3 is 2.79 bits per heavy atom. The summed E-state index contributed by atoms with van der Waals surface area (Å²) in [5, 5.41) is 6.84. The fourth-order valence-corrected chi connectivity index (χ4v) is 3.97. The van der Waals surface area contributed by atoms with Crippen LogP contribution in [-0.4, -0.2) is 30.1 Å². The number of nitrogens with zero attached hydrogens (tertiary/aromatic N) is 5. The third-order valence-electron chi connectivity index (χ3n) is 4.38. The Balaban J connectivity index is 1.63. The number of ether oxygens (including phenoxy) is 1. The van der Waals surface area contributed by atoms with E-state index in [2.05, 4.69) is 15.1 Å². The molecule has 0 saturated carbocycles. The zero-order valence-corrected chi connectivity index (χ0v) is 16.8. The lowest BCUT2D eigenvalue weighted by Gasteiger charge is -2.09. The van der Waals surface area contributed by atoms with Crippen molar-refractivity contribution in [3.63, 3.8) is 0 Å². The van der Waals surface area contributed by atoms with Crippen molar-refractivity contribution in [2.45, 2.75) is 40.3 Å². The van der Waals surface area contributed by atoms with Gasteiger partial charge in [0, 0.05) is 28.9 Å². The van der Waals surface area contributed by atoms with Crippen LogP contribution in [0, 0.1) is 13.8 Å². The molecule has 28 heavy (non-hydrogen) atoms. The van der Waals surface area contributed by atoms with E-state index in [0.29, 0.717) is 32.9 Å². The number of aromatic nitrogens is 5. The van der Waals surface area contributed by atoms with Crippen LogP contribution in [0.5, 0.6) is 0 Å². The van der Waals surface area contributed by atoms with E-state index >= 15 is 0 Å². The Morgan fingerprint density at radius 2 is 2.04 bits per heavy atom. The molecule has 0 bridgehead atoms. The van der Waals surface area contributed by atoms with Gasteiger partial charge in [-0.05, 0) is 33.8 Å². The molecule has 144 valence electrons. The number of carbonyl (C=O) groups excluding carboxylic acids is 1. The van der Waals surface area contributed by atoms with E-state index in [4.69, 9.17) is 4.74 Å². The summed E-state index contributed by atoms with van der Waals surface area (Å²) in [4.78, 5) is 34.5. The molecule has 0 aromatic carbocycles. The van der Waals surface area contributed by atoms with Crippen molar-refractivity contribution in [2.75, 3.05) is 0 Å². The van der Waals surface area contributed by atoms with Crippen molar-refractivity contribution in [1.82, 2.24) is 24.1 Å². The van der Waals surface area contributed by atoms with E-state index in [-0.39, 0.29) is 18.2 Å². The zero-order valence-electron chi connectivity index (χ0n) is 16.0. The lowest BCUT2D eigenvalue weighted by Crippen LogP contribution is -2.16. The van der Waals surface area contributed by atoms with Crippen LogP contribution in [0.1, 0.15) is 47.3 Å². The van der Waals surface area contributed by atoms with Crippen LogP contribution in [0.4, 0.5) is 0 Å². The van der Waals surface area contributed by atoms with Crippen LogP contribution in [-0.2, 0) is 11.3 Å². The molecule has 0 aliphatic heterocycles. The summed E-state index contributed by atoms with van der Waals surface area (Å²) in [6, 6.07) is 3.20. The van der Waals surface area contributed by atoms with Crippen molar-refractivity contribution in [2.24, 2.45) is 0 Å². The molecule has 4 aromatic rings. The maximum absolute atomic E-state index is 12.7. The number of hydrogen-bond donors (Lipinski definition) is 0.